The molecular formula is C13H20BrN. The van der Waals surface area contributed by atoms with Crippen LogP contribution in [-0.4, -0.2) is 0 Å². The Hall–Kier alpha value is -0.340. The molecule has 1 rings (SSSR count). The van der Waals surface area contributed by atoms with Gasteiger partial charge in [-0.05, 0) is 42.9 Å². The van der Waals surface area contributed by atoms with Crippen LogP contribution in [0.25, 0.3) is 0 Å². The molecule has 2 N–H and O–H groups in total. The molecule has 0 heterocycles. The third-order valence-corrected chi connectivity index (χ3v) is 3.86. The van der Waals surface area contributed by atoms with E-state index in [9.17, 15) is 0 Å². The maximum absolute atomic E-state index is 6.17. The standard InChI is InChI=1S/C13H20BrN/c1-8(2)5-12(15)11-6-9(3)13(14)10(4)7-11/h6-8,12H,5,15H2,1-4H3. The van der Waals surface area contributed by atoms with E-state index in [1.807, 2.05) is 0 Å². The largest absolute Gasteiger partial charge is 0.324 e. The first-order valence-electron chi connectivity index (χ1n) is 5.44. The molecular weight excluding hydrogens is 250 g/mol. The van der Waals surface area contributed by atoms with Crippen LogP contribution in [0.4, 0.5) is 0 Å². The molecule has 0 aliphatic heterocycles. The average molecular weight is 270 g/mol. The SMILES string of the molecule is Cc1cc(C(N)CC(C)C)cc(C)c1Br. The molecule has 84 valence electrons. The second kappa shape index (κ2) is 5.13. The predicted octanol–water partition coefficient (Wildman–Crippen LogP) is 4.11. The summed E-state index contributed by atoms with van der Waals surface area (Å²) in [5.41, 5.74) is 9.96. The molecule has 0 fully saturated rings. The Balaban J connectivity index is 2.95. The molecule has 0 radical (unpaired) electrons. The maximum atomic E-state index is 6.17. The maximum Gasteiger partial charge on any atom is 0.0297 e. The summed E-state index contributed by atoms with van der Waals surface area (Å²) in [7, 11) is 0. The summed E-state index contributed by atoms with van der Waals surface area (Å²) in [4.78, 5) is 0. The minimum atomic E-state index is 0.162. The lowest BCUT2D eigenvalue weighted by molar-refractivity contribution is 0.509. The summed E-state index contributed by atoms with van der Waals surface area (Å²) in [5, 5.41) is 0. The number of nitrogens with two attached hydrogens (primary N) is 1. The van der Waals surface area contributed by atoms with E-state index in [1.54, 1.807) is 0 Å². The van der Waals surface area contributed by atoms with Gasteiger partial charge in [-0.15, -0.1) is 0 Å². The van der Waals surface area contributed by atoms with Crippen LogP contribution >= 0.6 is 15.9 Å². The lowest BCUT2D eigenvalue weighted by atomic mass is 9.95. The minimum Gasteiger partial charge on any atom is -0.324 e. The predicted molar refractivity (Wildman–Crippen MR) is 70.0 cm³/mol. The van der Waals surface area contributed by atoms with Crippen molar-refractivity contribution in [2.24, 2.45) is 11.7 Å². The van der Waals surface area contributed by atoms with Gasteiger partial charge in [0.2, 0.25) is 0 Å². The van der Waals surface area contributed by atoms with Crippen LogP contribution in [0.2, 0.25) is 0 Å². The highest BCUT2D eigenvalue weighted by Gasteiger charge is 2.10. The molecule has 0 saturated heterocycles. The first-order chi connectivity index (χ1) is 6.91. The lowest BCUT2D eigenvalue weighted by Gasteiger charge is -2.16. The van der Waals surface area contributed by atoms with Crippen LogP contribution in [0.15, 0.2) is 16.6 Å². The highest BCUT2D eigenvalue weighted by atomic mass is 79.9. The number of aryl methyl sites for hydroxylation is 2. The van der Waals surface area contributed by atoms with Crippen molar-refractivity contribution >= 4 is 15.9 Å². The zero-order valence-electron chi connectivity index (χ0n) is 9.97. The molecule has 0 aromatic heterocycles. The number of benzene rings is 1. The molecule has 1 nitrogen and oxygen atoms in total. The second-order valence-corrected chi connectivity index (χ2v) is 5.50. The smallest absolute Gasteiger partial charge is 0.0297 e. The van der Waals surface area contributed by atoms with Gasteiger partial charge in [-0.1, -0.05) is 41.9 Å². The quantitative estimate of drug-likeness (QED) is 0.878. The van der Waals surface area contributed by atoms with Gasteiger partial charge in [-0.2, -0.15) is 0 Å². The van der Waals surface area contributed by atoms with Gasteiger partial charge < -0.3 is 5.73 Å². The molecule has 1 aromatic rings. The Labute approximate surface area is 101 Å². The van der Waals surface area contributed by atoms with Crippen LogP contribution in [0, 0.1) is 19.8 Å². The molecule has 0 aliphatic rings. The number of halogens is 1. The fraction of sp³-hybridized carbons (Fsp3) is 0.538. The second-order valence-electron chi connectivity index (χ2n) is 4.70. The highest BCUT2D eigenvalue weighted by Crippen LogP contribution is 2.27. The van der Waals surface area contributed by atoms with Crippen molar-refractivity contribution in [2.75, 3.05) is 0 Å². The Bertz CT molecular complexity index is 321. The van der Waals surface area contributed by atoms with Crippen molar-refractivity contribution in [3.63, 3.8) is 0 Å². The van der Waals surface area contributed by atoms with Gasteiger partial charge in [0.1, 0.15) is 0 Å². The molecule has 1 atom stereocenters. The first-order valence-corrected chi connectivity index (χ1v) is 6.23. The van der Waals surface area contributed by atoms with E-state index < -0.39 is 0 Å². The van der Waals surface area contributed by atoms with Gasteiger partial charge in [-0.25, -0.2) is 0 Å². The Kier molecular flexibility index (Phi) is 4.35. The zero-order chi connectivity index (χ0) is 11.6. The molecule has 0 saturated carbocycles. The van der Waals surface area contributed by atoms with E-state index in [-0.39, 0.29) is 6.04 Å². The van der Waals surface area contributed by atoms with Crippen molar-refractivity contribution < 1.29 is 0 Å². The monoisotopic (exact) mass is 269 g/mol. The molecule has 2 heteroatoms. The number of hydrogen-bond donors (Lipinski definition) is 1. The van der Waals surface area contributed by atoms with Gasteiger partial charge in [0.25, 0.3) is 0 Å². The molecule has 1 aromatic carbocycles. The molecule has 15 heavy (non-hydrogen) atoms. The van der Waals surface area contributed by atoms with E-state index in [4.69, 9.17) is 5.73 Å². The fourth-order valence-corrected chi connectivity index (χ4v) is 2.07. The van der Waals surface area contributed by atoms with Crippen LogP contribution in [-0.2, 0) is 0 Å². The van der Waals surface area contributed by atoms with Crippen molar-refractivity contribution in [1.82, 2.24) is 0 Å². The number of hydrogen-bond acceptors (Lipinski definition) is 1. The van der Waals surface area contributed by atoms with Crippen molar-refractivity contribution in [3.05, 3.63) is 33.3 Å². The minimum absolute atomic E-state index is 0.162. The molecule has 0 amide bonds. The molecule has 0 bridgehead atoms. The third-order valence-electron chi connectivity index (χ3n) is 2.61. The summed E-state index contributed by atoms with van der Waals surface area (Å²) >= 11 is 3.57. The van der Waals surface area contributed by atoms with Crippen molar-refractivity contribution in [2.45, 2.75) is 40.2 Å². The number of rotatable bonds is 3. The molecule has 0 aliphatic carbocycles. The summed E-state index contributed by atoms with van der Waals surface area (Å²) in [5.74, 6) is 0.643. The van der Waals surface area contributed by atoms with Crippen LogP contribution in [0.5, 0.6) is 0 Å². The topological polar surface area (TPSA) is 26.0 Å². The first kappa shape index (κ1) is 12.7. The summed E-state index contributed by atoms with van der Waals surface area (Å²) in [6, 6.07) is 4.53. The van der Waals surface area contributed by atoms with E-state index in [0.717, 1.165) is 6.42 Å². The van der Waals surface area contributed by atoms with Gasteiger partial charge in [-0.3, -0.25) is 0 Å². The average Bonchev–Trinajstić information content (AvgIpc) is 2.12. The zero-order valence-corrected chi connectivity index (χ0v) is 11.6. The van der Waals surface area contributed by atoms with E-state index in [1.165, 1.54) is 21.2 Å². The van der Waals surface area contributed by atoms with Gasteiger partial charge >= 0.3 is 0 Å². The van der Waals surface area contributed by atoms with E-state index >= 15 is 0 Å². The molecule has 0 spiro atoms. The third kappa shape index (κ3) is 3.32. The van der Waals surface area contributed by atoms with Gasteiger partial charge in [0.15, 0.2) is 0 Å². The Morgan fingerprint density at radius 1 is 1.20 bits per heavy atom. The van der Waals surface area contributed by atoms with Crippen LogP contribution < -0.4 is 5.73 Å². The summed E-state index contributed by atoms with van der Waals surface area (Å²) in [6.45, 7) is 8.64. The highest BCUT2D eigenvalue weighted by molar-refractivity contribution is 9.10. The Morgan fingerprint density at radius 3 is 2.07 bits per heavy atom. The molecule has 1 unspecified atom stereocenters. The summed E-state index contributed by atoms with van der Waals surface area (Å²) < 4.78 is 1.20. The fourth-order valence-electron chi connectivity index (χ4n) is 1.84. The van der Waals surface area contributed by atoms with Crippen molar-refractivity contribution in [3.8, 4) is 0 Å². The van der Waals surface area contributed by atoms with Crippen molar-refractivity contribution in [1.29, 1.82) is 0 Å². The summed E-state index contributed by atoms with van der Waals surface area (Å²) in [6.07, 6.45) is 1.04. The lowest BCUT2D eigenvalue weighted by Crippen LogP contribution is -2.13. The van der Waals surface area contributed by atoms with E-state index in [2.05, 4.69) is 55.8 Å². The van der Waals surface area contributed by atoms with Crippen LogP contribution in [0.3, 0.4) is 0 Å². The normalized spacial score (nSPS) is 13.3. The van der Waals surface area contributed by atoms with Crippen LogP contribution in [0.1, 0.15) is 43.0 Å². The van der Waals surface area contributed by atoms with E-state index in [0.29, 0.717) is 5.92 Å². The van der Waals surface area contributed by atoms with Gasteiger partial charge in [0, 0.05) is 10.5 Å². The Morgan fingerprint density at radius 2 is 1.67 bits per heavy atom. The van der Waals surface area contributed by atoms with Gasteiger partial charge in [0.05, 0.1) is 0 Å².